The lowest BCUT2D eigenvalue weighted by molar-refractivity contribution is 0.476. The fourth-order valence-corrected chi connectivity index (χ4v) is 2.07. The van der Waals surface area contributed by atoms with Crippen molar-refractivity contribution in [2.24, 2.45) is 0 Å². The molecule has 0 amide bonds. The van der Waals surface area contributed by atoms with Gasteiger partial charge < -0.3 is 15.0 Å². The fraction of sp³-hybridized carbons (Fsp3) is 0.133. The van der Waals surface area contributed by atoms with Crippen LogP contribution in [0.5, 0.6) is 5.75 Å². The van der Waals surface area contributed by atoms with Gasteiger partial charge in [-0.2, -0.15) is 0 Å². The minimum atomic E-state index is 0.158. The SMILES string of the molecule is CNc1ccc(-c2ccc(-n3cnc(C)c3)cc2O)nn1. The van der Waals surface area contributed by atoms with Crippen LogP contribution in [0.3, 0.4) is 0 Å². The first kappa shape index (κ1) is 13.1. The smallest absolute Gasteiger partial charge is 0.148 e. The number of hydrogen-bond donors (Lipinski definition) is 2. The molecule has 0 saturated carbocycles. The number of phenolic OH excluding ortho intramolecular Hbond substituents is 1. The average molecular weight is 281 g/mol. The highest BCUT2D eigenvalue weighted by atomic mass is 16.3. The molecule has 0 radical (unpaired) electrons. The maximum atomic E-state index is 10.2. The molecule has 0 aliphatic carbocycles. The van der Waals surface area contributed by atoms with E-state index in [-0.39, 0.29) is 5.75 Å². The van der Waals surface area contributed by atoms with Gasteiger partial charge in [0.25, 0.3) is 0 Å². The van der Waals surface area contributed by atoms with Crippen molar-refractivity contribution in [3.63, 3.8) is 0 Å². The number of phenols is 1. The van der Waals surface area contributed by atoms with Crippen LogP contribution in [0.2, 0.25) is 0 Å². The average Bonchev–Trinajstić information content (AvgIpc) is 2.94. The van der Waals surface area contributed by atoms with Gasteiger partial charge in [0.15, 0.2) is 0 Å². The monoisotopic (exact) mass is 281 g/mol. The van der Waals surface area contributed by atoms with Gasteiger partial charge in [-0.1, -0.05) is 0 Å². The summed E-state index contributed by atoms with van der Waals surface area (Å²) in [4.78, 5) is 4.17. The number of aryl methyl sites for hydroxylation is 1. The van der Waals surface area contributed by atoms with E-state index in [0.717, 1.165) is 11.4 Å². The van der Waals surface area contributed by atoms with Crippen molar-refractivity contribution in [2.75, 3.05) is 12.4 Å². The molecule has 0 aliphatic rings. The van der Waals surface area contributed by atoms with E-state index in [0.29, 0.717) is 17.1 Å². The highest BCUT2D eigenvalue weighted by Gasteiger charge is 2.08. The summed E-state index contributed by atoms with van der Waals surface area (Å²) in [6, 6.07) is 9.04. The summed E-state index contributed by atoms with van der Waals surface area (Å²) in [5.41, 5.74) is 3.04. The molecule has 106 valence electrons. The Labute approximate surface area is 122 Å². The van der Waals surface area contributed by atoms with Gasteiger partial charge in [0.2, 0.25) is 0 Å². The molecule has 21 heavy (non-hydrogen) atoms. The van der Waals surface area contributed by atoms with Gasteiger partial charge in [-0.15, -0.1) is 10.2 Å². The zero-order chi connectivity index (χ0) is 14.8. The Hall–Kier alpha value is -2.89. The molecular weight excluding hydrogens is 266 g/mol. The highest BCUT2D eigenvalue weighted by Crippen LogP contribution is 2.29. The third-order valence-corrected chi connectivity index (χ3v) is 3.19. The van der Waals surface area contributed by atoms with Gasteiger partial charge >= 0.3 is 0 Å². The minimum absolute atomic E-state index is 0.158. The molecule has 2 heterocycles. The maximum Gasteiger partial charge on any atom is 0.148 e. The molecule has 0 saturated heterocycles. The Morgan fingerprint density at radius 2 is 2.00 bits per heavy atom. The number of benzene rings is 1. The second kappa shape index (κ2) is 5.24. The molecule has 6 nitrogen and oxygen atoms in total. The summed E-state index contributed by atoms with van der Waals surface area (Å²) in [6.45, 7) is 1.92. The third-order valence-electron chi connectivity index (χ3n) is 3.19. The standard InChI is InChI=1S/C15H15N5O/c1-10-8-20(9-17-10)11-3-4-12(14(21)7-11)13-5-6-15(16-2)19-18-13/h3-9,21H,1-2H3,(H,16,19). The van der Waals surface area contributed by atoms with Gasteiger partial charge in [0.05, 0.1) is 23.4 Å². The largest absolute Gasteiger partial charge is 0.507 e. The number of nitrogens with zero attached hydrogens (tertiary/aromatic N) is 4. The van der Waals surface area contributed by atoms with Crippen LogP contribution in [-0.4, -0.2) is 31.9 Å². The summed E-state index contributed by atoms with van der Waals surface area (Å²) < 4.78 is 1.86. The molecule has 2 N–H and O–H groups in total. The minimum Gasteiger partial charge on any atom is -0.507 e. The van der Waals surface area contributed by atoms with E-state index in [1.54, 1.807) is 19.4 Å². The summed E-state index contributed by atoms with van der Waals surface area (Å²) >= 11 is 0. The summed E-state index contributed by atoms with van der Waals surface area (Å²) in [7, 11) is 1.78. The van der Waals surface area contributed by atoms with Crippen LogP contribution < -0.4 is 5.32 Å². The summed E-state index contributed by atoms with van der Waals surface area (Å²) in [6.07, 6.45) is 3.61. The van der Waals surface area contributed by atoms with Crippen LogP contribution in [-0.2, 0) is 0 Å². The second-order valence-corrected chi connectivity index (χ2v) is 4.68. The topological polar surface area (TPSA) is 75.9 Å². The zero-order valence-electron chi connectivity index (χ0n) is 11.8. The molecule has 0 fully saturated rings. The van der Waals surface area contributed by atoms with Crippen molar-refractivity contribution in [2.45, 2.75) is 6.92 Å². The van der Waals surface area contributed by atoms with Crippen molar-refractivity contribution in [3.8, 4) is 22.7 Å². The van der Waals surface area contributed by atoms with Gasteiger partial charge in [-0.25, -0.2) is 4.98 Å². The second-order valence-electron chi connectivity index (χ2n) is 4.68. The van der Waals surface area contributed by atoms with Gasteiger partial charge in [-0.05, 0) is 31.2 Å². The number of imidazole rings is 1. The number of nitrogens with one attached hydrogen (secondary N) is 1. The van der Waals surface area contributed by atoms with E-state index in [9.17, 15) is 5.11 Å². The maximum absolute atomic E-state index is 10.2. The van der Waals surface area contributed by atoms with Gasteiger partial charge in [0, 0.05) is 24.9 Å². The quantitative estimate of drug-likeness (QED) is 0.771. The lowest BCUT2D eigenvalue weighted by Crippen LogP contribution is -1.96. The Morgan fingerprint density at radius 3 is 2.57 bits per heavy atom. The molecular formula is C15H15N5O. The van der Waals surface area contributed by atoms with E-state index < -0.39 is 0 Å². The Balaban J connectivity index is 1.97. The number of aromatic hydroxyl groups is 1. The Bertz CT molecular complexity index is 764. The number of aromatic nitrogens is 4. The first-order valence-electron chi connectivity index (χ1n) is 6.53. The summed E-state index contributed by atoms with van der Waals surface area (Å²) in [5, 5.41) is 21.2. The van der Waals surface area contributed by atoms with Gasteiger partial charge in [0.1, 0.15) is 11.6 Å². The Kier molecular flexibility index (Phi) is 3.27. The van der Waals surface area contributed by atoms with Crippen LogP contribution in [0.15, 0.2) is 42.9 Å². The molecule has 1 aromatic carbocycles. The van der Waals surface area contributed by atoms with E-state index in [1.807, 2.05) is 42.0 Å². The van der Waals surface area contributed by atoms with Crippen LogP contribution in [0.4, 0.5) is 5.82 Å². The van der Waals surface area contributed by atoms with Gasteiger partial charge in [-0.3, -0.25) is 0 Å². The number of rotatable bonds is 3. The third kappa shape index (κ3) is 2.55. The predicted molar refractivity (Wildman–Crippen MR) is 80.5 cm³/mol. The molecule has 0 spiro atoms. The van der Waals surface area contributed by atoms with Crippen molar-refractivity contribution in [1.82, 2.24) is 19.7 Å². The first-order chi connectivity index (χ1) is 10.2. The molecule has 6 heteroatoms. The lowest BCUT2D eigenvalue weighted by Gasteiger charge is -2.07. The van der Waals surface area contributed by atoms with E-state index in [2.05, 4.69) is 20.5 Å². The van der Waals surface area contributed by atoms with Crippen LogP contribution >= 0.6 is 0 Å². The Morgan fingerprint density at radius 1 is 1.14 bits per heavy atom. The molecule has 3 aromatic rings. The predicted octanol–water partition coefficient (Wildman–Crippen LogP) is 2.39. The molecule has 0 atom stereocenters. The normalized spacial score (nSPS) is 10.6. The highest BCUT2D eigenvalue weighted by molar-refractivity contribution is 5.68. The molecule has 0 unspecified atom stereocenters. The number of hydrogen-bond acceptors (Lipinski definition) is 5. The molecule has 3 rings (SSSR count). The van der Waals surface area contributed by atoms with Crippen LogP contribution in [0.1, 0.15) is 5.69 Å². The fourth-order valence-electron chi connectivity index (χ4n) is 2.07. The first-order valence-corrected chi connectivity index (χ1v) is 6.53. The van der Waals surface area contributed by atoms with Crippen molar-refractivity contribution >= 4 is 5.82 Å². The van der Waals surface area contributed by atoms with Crippen molar-refractivity contribution in [3.05, 3.63) is 48.5 Å². The molecule has 0 aliphatic heterocycles. The van der Waals surface area contributed by atoms with E-state index in [1.165, 1.54) is 0 Å². The summed E-state index contributed by atoms with van der Waals surface area (Å²) in [5.74, 6) is 0.842. The van der Waals surface area contributed by atoms with Crippen molar-refractivity contribution < 1.29 is 5.11 Å². The number of anilines is 1. The van der Waals surface area contributed by atoms with Crippen molar-refractivity contribution in [1.29, 1.82) is 0 Å². The lowest BCUT2D eigenvalue weighted by atomic mass is 10.1. The van der Waals surface area contributed by atoms with Crippen LogP contribution in [0, 0.1) is 6.92 Å². The van der Waals surface area contributed by atoms with Crippen LogP contribution in [0.25, 0.3) is 16.9 Å². The van der Waals surface area contributed by atoms with E-state index >= 15 is 0 Å². The molecule has 2 aromatic heterocycles. The van der Waals surface area contributed by atoms with E-state index in [4.69, 9.17) is 0 Å². The molecule has 0 bridgehead atoms. The zero-order valence-corrected chi connectivity index (χ0v) is 11.8.